The summed E-state index contributed by atoms with van der Waals surface area (Å²) in [5, 5.41) is 10.6. The second kappa shape index (κ2) is 15.4. The Balaban J connectivity index is 1.22. The number of amides is 4. The van der Waals surface area contributed by atoms with Crippen LogP contribution in [0.2, 0.25) is 0 Å². The van der Waals surface area contributed by atoms with Crippen molar-refractivity contribution >= 4 is 44.6 Å². The van der Waals surface area contributed by atoms with Crippen LogP contribution in [0.5, 0.6) is 11.6 Å². The summed E-state index contributed by atoms with van der Waals surface area (Å²) < 4.78 is 52.8. The summed E-state index contributed by atoms with van der Waals surface area (Å²) in [4.78, 5) is 61.8. The molecule has 2 aliphatic carbocycles. The number of hydrogen-bond donors (Lipinski definition) is 3. The molecule has 3 fully saturated rings. The second-order valence-electron chi connectivity index (χ2n) is 15.6. The second-order valence-corrected chi connectivity index (χ2v) is 17.5. The van der Waals surface area contributed by atoms with Gasteiger partial charge in [-0.25, -0.2) is 17.9 Å². The van der Waals surface area contributed by atoms with Gasteiger partial charge in [0.15, 0.2) is 5.82 Å². The van der Waals surface area contributed by atoms with E-state index >= 15 is 0 Å². The number of rotatable bonds is 8. The van der Waals surface area contributed by atoms with Crippen LogP contribution in [0.3, 0.4) is 0 Å². The Hall–Kier alpha value is -5.23. The molecule has 300 valence electrons. The van der Waals surface area contributed by atoms with Gasteiger partial charge in [0, 0.05) is 43.1 Å². The van der Waals surface area contributed by atoms with Gasteiger partial charge in [-0.3, -0.25) is 19.1 Å². The van der Waals surface area contributed by atoms with Crippen LogP contribution in [-0.4, -0.2) is 113 Å². The van der Waals surface area contributed by atoms with Gasteiger partial charge < -0.3 is 34.5 Å². The molecule has 2 saturated carbocycles. The zero-order chi connectivity index (χ0) is 39.8. The van der Waals surface area contributed by atoms with E-state index in [4.69, 9.17) is 23.9 Å². The zero-order valence-corrected chi connectivity index (χ0v) is 32.5. The van der Waals surface area contributed by atoms with E-state index in [0.717, 1.165) is 5.39 Å². The number of nitrogens with one attached hydrogen (secondary N) is 3. The van der Waals surface area contributed by atoms with Gasteiger partial charge in [-0.15, -0.1) is 0 Å². The van der Waals surface area contributed by atoms with Crippen molar-refractivity contribution in [3.8, 4) is 17.4 Å². The summed E-state index contributed by atoms with van der Waals surface area (Å²) in [7, 11) is -2.36. The molecule has 2 aromatic heterocycles. The van der Waals surface area contributed by atoms with Crippen molar-refractivity contribution in [2.45, 2.75) is 93.9 Å². The molecule has 4 aliphatic rings. The molecule has 1 aromatic carbocycles. The van der Waals surface area contributed by atoms with Gasteiger partial charge in [0.25, 0.3) is 5.91 Å². The lowest BCUT2D eigenvalue weighted by Gasteiger charge is -2.30. The smallest absolute Gasteiger partial charge is 0.408 e. The van der Waals surface area contributed by atoms with Crippen LogP contribution >= 0.6 is 0 Å². The predicted molar refractivity (Wildman–Crippen MR) is 201 cm³/mol. The lowest BCUT2D eigenvalue weighted by Crippen LogP contribution is -2.58. The average Bonchev–Trinajstić information content (AvgIpc) is 4.00. The highest BCUT2D eigenvalue weighted by molar-refractivity contribution is 7.91. The Kier molecular flexibility index (Phi) is 10.7. The highest BCUT2D eigenvalue weighted by Crippen LogP contribution is 2.46. The molecule has 4 heterocycles. The lowest BCUT2D eigenvalue weighted by atomic mass is 10.1. The molecule has 7 rings (SSSR count). The van der Waals surface area contributed by atoms with Gasteiger partial charge in [-0.2, -0.15) is 10.1 Å². The Morgan fingerprint density at radius 2 is 1.91 bits per heavy atom. The normalized spacial score (nSPS) is 25.9. The molecular formula is C38H47N7O10S. The van der Waals surface area contributed by atoms with Gasteiger partial charge in [0.1, 0.15) is 35.1 Å². The number of nitrogens with zero attached hydrogens (tertiary/aromatic N) is 4. The van der Waals surface area contributed by atoms with Gasteiger partial charge in [-0.1, -0.05) is 12.2 Å². The predicted octanol–water partition coefficient (Wildman–Crippen LogP) is 2.52. The number of sulfonamides is 1. The minimum atomic E-state index is -3.93. The fourth-order valence-corrected chi connectivity index (χ4v) is 8.42. The minimum Gasteiger partial charge on any atom is -0.497 e. The Bertz CT molecular complexity index is 2130. The highest BCUT2D eigenvalue weighted by Gasteiger charge is 2.62. The molecule has 5 atom stereocenters. The molecule has 2 aliphatic heterocycles. The van der Waals surface area contributed by atoms with Crippen LogP contribution in [0, 0.1) is 5.92 Å². The number of benzene rings is 1. The van der Waals surface area contributed by atoms with Gasteiger partial charge >= 0.3 is 6.09 Å². The first-order valence-electron chi connectivity index (χ1n) is 18.7. The Labute approximate surface area is 324 Å². The minimum absolute atomic E-state index is 0.0167. The average molecular weight is 794 g/mol. The van der Waals surface area contributed by atoms with Crippen LogP contribution < -0.4 is 24.8 Å². The monoisotopic (exact) mass is 793 g/mol. The lowest BCUT2D eigenvalue weighted by molar-refractivity contribution is -0.141. The number of pyridine rings is 1. The SMILES string of the molecule is COc1ccc2c(OC3C[C@H]4C(=O)N[C@]5(C(=O)NS(=O)(=O)C6CC6)CC5C=CCCOCC[C@H](NC(=O)OC(C)(C)C)C(=O)N4C3)nc(-n3cccn3)cc2c1. The maximum Gasteiger partial charge on any atom is 0.408 e. The third-order valence-corrected chi connectivity index (χ3v) is 12.0. The van der Waals surface area contributed by atoms with Crippen molar-refractivity contribution in [1.29, 1.82) is 0 Å². The number of ether oxygens (including phenoxy) is 4. The number of hydrogen-bond acceptors (Lipinski definition) is 12. The molecule has 2 unspecified atom stereocenters. The summed E-state index contributed by atoms with van der Waals surface area (Å²) in [5.74, 6) is -1.30. The number of carbonyl (C=O) groups is 4. The summed E-state index contributed by atoms with van der Waals surface area (Å²) in [6, 6.07) is 6.65. The van der Waals surface area contributed by atoms with Crippen molar-refractivity contribution in [3.63, 3.8) is 0 Å². The Morgan fingerprint density at radius 1 is 1.11 bits per heavy atom. The molecule has 18 heteroatoms. The fraction of sp³-hybridized carbons (Fsp3) is 0.526. The molecule has 0 bridgehead atoms. The quantitative estimate of drug-likeness (QED) is 0.281. The van der Waals surface area contributed by atoms with E-state index in [2.05, 4.69) is 20.5 Å². The molecule has 0 radical (unpaired) electrons. The van der Waals surface area contributed by atoms with E-state index in [-0.39, 0.29) is 44.9 Å². The van der Waals surface area contributed by atoms with E-state index in [1.54, 1.807) is 69.2 Å². The van der Waals surface area contributed by atoms with Crippen LogP contribution in [0.4, 0.5) is 4.79 Å². The first kappa shape index (κ1) is 39.0. The van der Waals surface area contributed by atoms with Crippen molar-refractivity contribution in [3.05, 3.63) is 54.9 Å². The molecule has 1 saturated heterocycles. The van der Waals surface area contributed by atoms with Crippen molar-refractivity contribution in [2.24, 2.45) is 5.92 Å². The standard InChI is InChI=1S/C38H47N7O10S/c1-37(2,3)55-36(49)40-29-13-17-53-16-6-5-8-24-21-38(24,35(48)43-56(50,51)27-10-11-27)42-32(46)30-20-26(22-44(30)34(29)47)54-33-28-12-9-25(52-4)18-23(28)19-31(41-33)45-15-7-14-39-45/h5,7-9,12,14-15,18-19,24,26-27,29-30H,6,10-11,13,16-17,20-22H2,1-4H3,(H,40,49)(H,42,46)(H,43,48)/t24?,26?,29-,30-,38+/m0/s1. The molecule has 3 N–H and O–H groups in total. The first-order chi connectivity index (χ1) is 26.7. The van der Waals surface area contributed by atoms with Gasteiger partial charge in [0.05, 0.1) is 25.5 Å². The maximum atomic E-state index is 14.5. The molecule has 56 heavy (non-hydrogen) atoms. The molecule has 0 spiro atoms. The van der Waals surface area contributed by atoms with Crippen molar-refractivity contribution in [1.82, 2.24) is 35.0 Å². The number of fused-ring (bicyclic) bond motifs is 3. The van der Waals surface area contributed by atoms with Crippen molar-refractivity contribution < 1.29 is 46.5 Å². The largest absolute Gasteiger partial charge is 0.497 e. The van der Waals surface area contributed by atoms with Gasteiger partial charge in [-0.05, 0) is 82.2 Å². The highest BCUT2D eigenvalue weighted by atomic mass is 32.2. The van der Waals surface area contributed by atoms with Crippen LogP contribution in [0.15, 0.2) is 54.9 Å². The first-order valence-corrected chi connectivity index (χ1v) is 20.3. The number of alkyl carbamates (subject to hydrolysis) is 1. The van der Waals surface area contributed by atoms with E-state index in [1.165, 1.54) is 4.90 Å². The molecule has 17 nitrogen and oxygen atoms in total. The third-order valence-electron chi connectivity index (χ3n) is 10.2. The Morgan fingerprint density at radius 3 is 2.62 bits per heavy atom. The van der Waals surface area contributed by atoms with E-state index in [1.807, 2.05) is 18.2 Å². The topological polar surface area (TPSA) is 209 Å². The van der Waals surface area contributed by atoms with Gasteiger partial charge in [0.2, 0.25) is 27.7 Å². The van der Waals surface area contributed by atoms with E-state index in [9.17, 15) is 27.6 Å². The van der Waals surface area contributed by atoms with Crippen molar-refractivity contribution in [2.75, 3.05) is 26.9 Å². The molecule has 3 aromatic rings. The van der Waals surface area contributed by atoms with Crippen LogP contribution in [0.1, 0.15) is 59.3 Å². The van der Waals surface area contributed by atoms with E-state index < -0.39 is 74.3 Å². The third kappa shape index (κ3) is 8.60. The van der Waals surface area contributed by atoms with Crippen LogP contribution in [-0.2, 0) is 33.9 Å². The number of carbonyl (C=O) groups excluding carboxylic acids is 4. The summed E-state index contributed by atoms with van der Waals surface area (Å²) in [6.07, 6.45) is 6.93. The molecule has 4 amide bonds. The number of methoxy groups -OCH3 is 1. The summed E-state index contributed by atoms with van der Waals surface area (Å²) in [5.41, 5.74) is -2.41. The zero-order valence-electron chi connectivity index (χ0n) is 31.7. The number of aromatic nitrogens is 3. The van der Waals surface area contributed by atoms with E-state index in [0.29, 0.717) is 36.2 Å². The van der Waals surface area contributed by atoms with Crippen LogP contribution in [0.25, 0.3) is 16.6 Å². The summed E-state index contributed by atoms with van der Waals surface area (Å²) in [6.45, 7) is 5.41. The maximum absolute atomic E-state index is 14.5. The summed E-state index contributed by atoms with van der Waals surface area (Å²) >= 11 is 0. The fourth-order valence-electron chi connectivity index (χ4n) is 7.05. The molecular weight excluding hydrogens is 747 g/mol.